The van der Waals surface area contributed by atoms with Gasteiger partial charge in [0.15, 0.2) is 0 Å². The number of ether oxygens (including phenoxy) is 1. The number of fused-ring (bicyclic) bond motifs is 2. The summed E-state index contributed by atoms with van der Waals surface area (Å²) >= 11 is 0. The summed E-state index contributed by atoms with van der Waals surface area (Å²) in [7, 11) is 0. The lowest BCUT2D eigenvalue weighted by atomic mass is 9.93. The van der Waals surface area contributed by atoms with E-state index >= 15 is 0 Å². The van der Waals surface area contributed by atoms with Gasteiger partial charge in [0.1, 0.15) is 0 Å². The van der Waals surface area contributed by atoms with Gasteiger partial charge in [-0.15, -0.1) is 0 Å². The van der Waals surface area contributed by atoms with E-state index in [1.54, 1.807) is 0 Å². The van der Waals surface area contributed by atoms with Crippen LogP contribution in [0.1, 0.15) is 32.1 Å². The van der Waals surface area contributed by atoms with Crippen LogP contribution in [0.2, 0.25) is 0 Å². The van der Waals surface area contributed by atoms with Gasteiger partial charge in [0, 0.05) is 19.1 Å². The fourth-order valence-corrected chi connectivity index (χ4v) is 3.56. The molecule has 2 aliphatic carbocycles. The molecule has 1 saturated heterocycles. The minimum atomic E-state index is 0.313. The maximum atomic E-state index is 9.07. The minimum absolute atomic E-state index is 0.313. The van der Waals surface area contributed by atoms with Gasteiger partial charge in [-0.05, 0) is 38.0 Å². The van der Waals surface area contributed by atoms with Crippen molar-refractivity contribution in [1.82, 2.24) is 5.32 Å². The number of hydrogen-bond donors (Lipinski definition) is 2. The highest BCUT2D eigenvalue weighted by molar-refractivity contribution is 5.94. The molecule has 0 radical (unpaired) electrons. The van der Waals surface area contributed by atoms with Crippen LogP contribution in [0.4, 0.5) is 0 Å². The molecule has 2 saturated carbocycles. The first-order valence-corrected chi connectivity index (χ1v) is 6.45. The van der Waals surface area contributed by atoms with E-state index in [1.165, 1.54) is 32.1 Å². The van der Waals surface area contributed by atoms with E-state index in [0.29, 0.717) is 24.0 Å². The van der Waals surface area contributed by atoms with E-state index in [9.17, 15) is 0 Å². The predicted molar refractivity (Wildman–Crippen MR) is 60.8 cm³/mol. The Balaban J connectivity index is 1.57. The van der Waals surface area contributed by atoms with Crippen LogP contribution in [-0.2, 0) is 4.74 Å². The Bertz CT molecular complexity index is 287. The lowest BCUT2D eigenvalue weighted by Crippen LogP contribution is -2.44. The standard InChI is InChI=1S/C12H20N2O2/c15-14-12-9-4-3-8(6-9)11(12)13-7-10-2-1-5-16-10/h8-11,13,15H,1-7H2/b14-12+/t8-,9-,10+,11-/m0/s1. The van der Waals surface area contributed by atoms with Gasteiger partial charge in [-0.1, -0.05) is 5.16 Å². The molecule has 2 N–H and O–H groups in total. The molecule has 4 atom stereocenters. The van der Waals surface area contributed by atoms with Crippen molar-refractivity contribution in [3.63, 3.8) is 0 Å². The highest BCUT2D eigenvalue weighted by atomic mass is 16.5. The summed E-state index contributed by atoms with van der Waals surface area (Å²) in [5.41, 5.74) is 0.995. The Labute approximate surface area is 96.0 Å². The first kappa shape index (κ1) is 10.5. The SMILES string of the molecule is O/N=C1\[C@H]2CC[C@@H](C2)[C@@H]1NC[C@H]1CCCO1. The van der Waals surface area contributed by atoms with Crippen molar-refractivity contribution in [2.75, 3.05) is 13.2 Å². The van der Waals surface area contributed by atoms with Crippen LogP contribution in [-0.4, -0.2) is 36.2 Å². The average molecular weight is 224 g/mol. The summed E-state index contributed by atoms with van der Waals surface area (Å²) < 4.78 is 5.60. The number of oxime groups is 1. The molecule has 3 aliphatic rings. The van der Waals surface area contributed by atoms with Gasteiger partial charge in [-0.25, -0.2) is 0 Å². The van der Waals surface area contributed by atoms with Gasteiger partial charge in [-0.3, -0.25) is 0 Å². The second-order valence-electron chi connectivity index (χ2n) is 5.32. The molecule has 0 spiro atoms. The fourth-order valence-electron chi connectivity index (χ4n) is 3.56. The molecule has 1 aliphatic heterocycles. The first-order valence-electron chi connectivity index (χ1n) is 6.45. The third kappa shape index (κ3) is 1.74. The molecule has 90 valence electrons. The highest BCUT2D eigenvalue weighted by Crippen LogP contribution is 2.42. The summed E-state index contributed by atoms with van der Waals surface area (Å²) in [5, 5.41) is 16.1. The molecule has 0 aromatic heterocycles. The Morgan fingerprint density at radius 1 is 1.38 bits per heavy atom. The molecule has 16 heavy (non-hydrogen) atoms. The lowest BCUT2D eigenvalue weighted by Gasteiger charge is -2.25. The second kappa shape index (κ2) is 4.34. The van der Waals surface area contributed by atoms with Crippen molar-refractivity contribution in [2.24, 2.45) is 17.0 Å². The Morgan fingerprint density at radius 2 is 2.31 bits per heavy atom. The number of rotatable bonds is 3. The van der Waals surface area contributed by atoms with Crippen molar-refractivity contribution >= 4 is 5.71 Å². The first-order chi connectivity index (χ1) is 7.88. The molecule has 4 nitrogen and oxygen atoms in total. The van der Waals surface area contributed by atoms with Crippen LogP contribution >= 0.6 is 0 Å². The maximum absolute atomic E-state index is 9.07. The average Bonchev–Trinajstić information content (AvgIpc) is 3.01. The van der Waals surface area contributed by atoms with Crippen LogP contribution < -0.4 is 5.32 Å². The Morgan fingerprint density at radius 3 is 3.06 bits per heavy atom. The van der Waals surface area contributed by atoms with Crippen molar-refractivity contribution in [3.05, 3.63) is 0 Å². The summed E-state index contributed by atoms with van der Waals surface area (Å²) in [5.74, 6) is 1.23. The fraction of sp³-hybridized carbons (Fsp3) is 0.917. The topological polar surface area (TPSA) is 53.9 Å². The molecule has 0 aromatic carbocycles. The second-order valence-corrected chi connectivity index (χ2v) is 5.32. The van der Waals surface area contributed by atoms with Crippen LogP contribution in [0.5, 0.6) is 0 Å². The van der Waals surface area contributed by atoms with Crippen molar-refractivity contribution in [3.8, 4) is 0 Å². The molecule has 1 heterocycles. The minimum Gasteiger partial charge on any atom is -0.411 e. The number of hydrogen-bond acceptors (Lipinski definition) is 4. The summed E-state index contributed by atoms with van der Waals surface area (Å²) in [6.45, 7) is 1.82. The molecular weight excluding hydrogens is 204 g/mol. The molecule has 0 amide bonds. The molecule has 2 bridgehead atoms. The monoisotopic (exact) mass is 224 g/mol. The van der Waals surface area contributed by atoms with Crippen LogP contribution in [0.25, 0.3) is 0 Å². The zero-order valence-corrected chi connectivity index (χ0v) is 9.56. The third-order valence-corrected chi connectivity index (χ3v) is 4.39. The van der Waals surface area contributed by atoms with Crippen LogP contribution in [0.15, 0.2) is 5.16 Å². The smallest absolute Gasteiger partial charge is 0.0773 e. The van der Waals surface area contributed by atoms with Crippen molar-refractivity contribution in [2.45, 2.75) is 44.2 Å². The normalized spacial score (nSPS) is 44.6. The van der Waals surface area contributed by atoms with Crippen LogP contribution in [0.3, 0.4) is 0 Å². The molecule has 4 heteroatoms. The van der Waals surface area contributed by atoms with Crippen molar-refractivity contribution < 1.29 is 9.94 Å². The van der Waals surface area contributed by atoms with Gasteiger partial charge in [-0.2, -0.15) is 0 Å². The van der Waals surface area contributed by atoms with Gasteiger partial charge in [0.25, 0.3) is 0 Å². The maximum Gasteiger partial charge on any atom is 0.0773 e. The van der Waals surface area contributed by atoms with Gasteiger partial charge in [0.05, 0.1) is 17.9 Å². The molecule has 3 rings (SSSR count). The van der Waals surface area contributed by atoms with E-state index in [4.69, 9.17) is 9.94 Å². The third-order valence-electron chi connectivity index (χ3n) is 4.39. The van der Waals surface area contributed by atoms with E-state index in [0.717, 1.165) is 18.9 Å². The van der Waals surface area contributed by atoms with E-state index in [-0.39, 0.29) is 0 Å². The van der Waals surface area contributed by atoms with Gasteiger partial charge >= 0.3 is 0 Å². The molecule has 0 unspecified atom stereocenters. The molecular formula is C12H20N2O2. The van der Waals surface area contributed by atoms with E-state index in [1.807, 2.05) is 0 Å². The molecule has 3 fully saturated rings. The summed E-state index contributed by atoms with van der Waals surface area (Å²) in [6, 6.07) is 0.313. The summed E-state index contributed by atoms with van der Waals surface area (Å²) in [6.07, 6.45) is 6.43. The summed E-state index contributed by atoms with van der Waals surface area (Å²) in [4.78, 5) is 0. The highest BCUT2D eigenvalue weighted by Gasteiger charge is 2.45. The zero-order valence-electron chi connectivity index (χ0n) is 9.56. The van der Waals surface area contributed by atoms with Crippen LogP contribution in [0, 0.1) is 11.8 Å². The van der Waals surface area contributed by atoms with E-state index < -0.39 is 0 Å². The number of nitrogens with one attached hydrogen (secondary N) is 1. The van der Waals surface area contributed by atoms with Crippen molar-refractivity contribution in [1.29, 1.82) is 0 Å². The number of nitrogens with zero attached hydrogens (tertiary/aromatic N) is 1. The Hall–Kier alpha value is -0.610. The largest absolute Gasteiger partial charge is 0.411 e. The molecule has 0 aromatic rings. The Kier molecular flexibility index (Phi) is 2.86. The van der Waals surface area contributed by atoms with E-state index in [2.05, 4.69) is 10.5 Å². The zero-order chi connectivity index (χ0) is 11.0. The van der Waals surface area contributed by atoms with Gasteiger partial charge in [0.2, 0.25) is 0 Å². The van der Waals surface area contributed by atoms with Gasteiger partial charge < -0.3 is 15.3 Å². The lowest BCUT2D eigenvalue weighted by molar-refractivity contribution is 0.107. The predicted octanol–water partition coefficient (Wildman–Crippen LogP) is 1.38. The quantitative estimate of drug-likeness (QED) is 0.562.